The highest BCUT2D eigenvalue weighted by Crippen LogP contribution is 2.28. The molecule has 0 radical (unpaired) electrons. The van der Waals surface area contributed by atoms with Gasteiger partial charge in [-0.3, -0.25) is 0 Å². The highest BCUT2D eigenvalue weighted by molar-refractivity contribution is 5.39. The standard InChI is InChI=1S/C14H21NO/c1-11-5-7-13-8-6-12(4-2-3-9-15)10-14(13)16-11/h6,8,10-11H,2-5,7,9,15H2,1H3. The molecule has 1 aliphatic rings. The maximum atomic E-state index is 5.85. The van der Waals surface area contributed by atoms with Gasteiger partial charge in [-0.05, 0) is 62.8 Å². The molecular weight excluding hydrogens is 198 g/mol. The second-order valence-corrected chi connectivity index (χ2v) is 4.66. The number of aryl methyl sites for hydroxylation is 2. The van der Waals surface area contributed by atoms with Gasteiger partial charge in [-0.2, -0.15) is 0 Å². The highest BCUT2D eigenvalue weighted by atomic mass is 16.5. The van der Waals surface area contributed by atoms with Crippen molar-refractivity contribution < 1.29 is 4.74 Å². The Morgan fingerprint density at radius 3 is 3.06 bits per heavy atom. The van der Waals surface area contributed by atoms with Gasteiger partial charge in [0.25, 0.3) is 0 Å². The van der Waals surface area contributed by atoms with Crippen molar-refractivity contribution in [3.05, 3.63) is 29.3 Å². The second kappa shape index (κ2) is 5.35. The van der Waals surface area contributed by atoms with E-state index in [1.165, 1.54) is 17.5 Å². The first-order valence-corrected chi connectivity index (χ1v) is 6.28. The van der Waals surface area contributed by atoms with Gasteiger partial charge in [0.2, 0.25) is 0 Å². The van der Waals surface area contributed by atoms with Crippen molar-refractivity contribution in [1.29, 1.82) is 0 Å². The third-order valence-corrected chi connectivity index (χ3v) is 3.20. The van der Waals surface area contributed by atoms with E-state index in [4.69, 9.17) is 10.5 Å². The maximum Gasteiger partial charge on any atom is 0.123 e. The summed E-state index contributed by atoms with van der Waals surface area (Å²) < 4.78 is 5.85. The number of ether oxygens (including phenoxy) is 1. The molecule has 0 spiro atoms. The summed E-state index contributed by atoms with van der Waals surface area (Å²) in [5.41, 5.74) is 8.23. The number of fused-ring (bicyclic) bond motifs is 1. The fourth-order valence-electron chi connectivity index (χ4n) is 2.18. The summed E-state index contributed by atoms with van der Waals surface area (Å²) in [6.45, 7) is 2.93. The SMILES string of the molecule is CC1CCc2ccc(CCCCN)cc2O1. The number of nitrogens with two attached hydrogens (primary N) is 1. The topological polar surface area (TPSA) is 35.2 Å². The third kappa shape index (κ3) is 2.76. The first kappa shape index (κ1) is 11.5. The minimum Gasteiger partial charge on any atom is -0.490 e. The lowest BCUT2D eigenvalue weighted by Crippen LogP contribution is -2.18. The van der Waals surface area contributed by atoms with E-state index >= 15 is 0 Å². The highest BCUT2D eigenvalue weighted by Gasteiger charge is 2.15. The van der Waals surface area contributed by atoms with Crippen molar-refractivity contribution in [3.8, 4) is 5.75 Å². The molecule has 0 aromatic heterocycles. The summed E-state index contributed by atoms with van der Waals surface area (Å²) in [4.78, 5) is 0. The van der Waals surface area contributed by atoms with Gasteiger partial charge < -0.3 is 10.5 Å². The van der Waals surface area contributed by atoms with E-state index in [1.54, 1.807) is 0 Å². The average Bonchev–Trinajstić information content (AvgIpc) is 2.29. The minimum absolute atomic E-state index is 0.367. The van der Waals surface area contributed by atoms with Crippen LogP contribution in [-0.4, -0.2) is 12.6 Å². The van der Waals surface area contributed by atoms with Crippen LogP contribution in [0.25, 0.3) is 0 Å². The zero-order valence-corrected chi connectivity index (χ0v) is 10.0. The molecule has 2 nitrogen and oxygen atoms in total. The van der Waals surface area contributed by atoms with Gasteiger partial charge in [-0.25, -0.2) is 0 Å². The van der Waals surface area contributed by atoms with Crippen LogP contribution >= 0.6 is 0 Å². The van der Waals surface area contributed by atoms with Crippen molar-refractivity contribution in [3.63, 3.8) is 0 Å². The normalized spacial score (nSPS) is 19.0. The number of unbranched alkanes of at least 4 members (excludes halogenated alkanes) is 1. The van der Waals surface area contributed by atoms with Crippen LogP contribution in [0.2, 0.25) is 0 Å². The molecule has 1 aliphatic heterocycles. The molecule has 0 aliphatic carbocycles. The molecule has 0 fully saturated rings. The zero-order chi connectivity index (χ0) is 11.4. The van der Waals surface area contributed by atoms with E-state index < -0.39 is 0 Å². The van der Waals surface area contributed by atoms with Crippen molar-refractivity contribution >= 4 is 0 Å². The Bertz CT molecular complexity index is 349. The predicted molar refractivity (Wildman–Crippen MR) is 66.8 cm³/mol. The summed E-state index contributed by atoms with van der Waals surface area (Å²) in [6, 6.07) is 6.66. The first-order chi connectivity index (χ1) is 7.79. The Labute approximate surface area is 97.8 Å². The van der Waals surface area contributed by atoms with E-state index in [2.05, 4.69) is 25.1 Å². The van der Waals surface area contributed by atoms with Gasteiger partial charge >= 0.3 is 0 Å². The second-order valence-electron chi connectivity index (χ2n) is 4.66. The number of rotatable bonds is 4. The molecule has 1 aromatic carbocycles. The Morgan fingerprint density at radius 2 is 2.25 bits per heavy atom. The molecule has 2 rings (SSSR count). The van der Waals surface area contributed by atoms with Crippen LogP contribution in [0.5, 0.6) is 5.75 Å². The van der Waals surface area contributed by atoms with E-state index in [1.807, 2.05) is 0 Å². The van der Waals surface area contributed by atoms with E-state index in [-0.39, 0.29) is 0 Å². The number of hydrogen-bond acceptors (Lipinski definition) is 2. The Morgan fingerprint density at radius 1 is 1.38 bits per heavy atom. The van der Waals surface area contributed by atoms with Crippen LogP contribution in [0, 0.1) is 0 Å². The van der Waals surface area contributed by atoms with Gasteiger partial charge in [0.15, 0.2) is 0 Å². The smallest absolute Gasteiger partial charge is 0.123 e. The lowest BCUT2D eigenvalue weighted by atomic mass is 9.99. The van der Waals surface area contributed by atoms with Gasteiger partial charge in [-0.15, -0.1) is 0 Å². The Balaban J connectivity index is 2.03. The van der Waals surface area contributed by atoms with Crippen LogP contribution in [0.4, 0.5) is 0 Å². The summed E-state index contributed by atoms with van der Waals surface area (Å²) in [6.07, 6.45) is 6.05. The molecule has 0 saturated carbocycles. The molecule has 88 valence electrons. The van der Waals surface area contributed by atoms with Gasteiger partial charge in [0.05, 0.1) is 6.10 Å². The molecule has 0 saturated heterocycles. The molecule has 16 heavy (non-hydrogen) atoms. The van der Waals surface area contributed by atoms with E-state index in [0.29, 0.717) is 6.10 Å². The quantitative estimate of drug-likeness (QED) is 0.790. The van der Waals surface area contributed by atoms with Crippen LogP contribution in [0.1, 0.15) is 37.3 Å². The summed E-state index contributed by atoms with van der Waals surface area (Å²) in [5, 5.41) is 0. The first-order valence-electron chi connectivity index (χ1n) is 6.28. The van der Waals surface area contributed by atoms with Gasteiger partial charge in [0, 0.05) is 0 Å². The minimum atomic E-state index is 0.367. The van der Waals surface area contributed by atoms with Crippen molar-refractivity contribution in [2.75, 3.05) is 6.54 Å². The average molecular weight is 219 g/mol. The van der Waals surface area contributed by atoms with E-state index in [0.717, 1.165) is 38.0 Å². The van der Waals surface area contributed by atoms with Crippen LogP contribution in [-0.2, 0) is 12.8 Å². The van der Waals surface area contributed by atoms with Gasteiger partial charge in [0.1, 0.15) is 5.75 Å². The lowest BCUT2D eigenvalue weighted by Gasteiger charge is -2.23. The van der Waals surface area contributed by atoms with Crippen LogP contribution in [0.3, 0.4) is 0 Å². The van der Waals surface area contributed by atoms with Crippen molar-refractivity contribution in [2.24, 2.45) is 5.73 Å². The summed E-state index contributed by atoms with van der Waals surface area (Å²) in [7, 11) is 0. The number of hydrogen-bond donors (Lipinski definition) is 1. The zero-order valence-electron chi connectivity index (χ0n) is 10.0. The van der Waals surface area contributed by atoms with Crippen molar-refractivity contribution in [2.45, 2.75) is 45.1 Å². The molecule has 1 aromatic rings. The predicted octanol–water partition coefficient (Wildman–Crippen LogP) is 2.68. The lowest BCUT2D eigenvalue weighted by molar-refractivity contribution is 0.192. The third-order valence-electron chi connectivity index (χ3n) is 3.20. The van der Waals surface area contributed by atoms with Crippen molar-refractivity contribution in [1.82, 2.24) is 0 Å². The molecule has 2 heteroatoms. The fraction of sp³-hybridized carbons (Fsp3) is 0.571. The van der Waals surface area contributed by atoms with Gasteiger partial charge in [-0.1, -0.05) is 12.1 Å². The monoisotopic (exact) mass is 219 g/mol. The fourth-order valence-corrected chi connectivity index (χ4v) is 2.18. The molecule has 0 bridgehead atoms. The Hall–Kier alpha value is -1.02. The molecule has 1 atom stereocenters. The molecule has 2 N–H and O–H groups in total. The largest absolute Gasteiger partial charge is 0.490 e. The molecule has 0 amide bonds. The maximum absolute atomic E-state index is 5.85. The molecule has 1 unspecified atom stereocenters. The van der Waals surface area contributed by atoms with Crippen LogP contribution in [0.15, 0.2) is 18.2 Å². The summed E-state index contributed by atoms with van der Waals surface area (Å²) in [5.74, 6) is 1.10. The molecular formula is C14H21NO. The number of benzene rings is 1. The van der Waals surface area contributed by atoms with Crippen LogP contribution < -0.4 is 10.5 Å². The summed E-state index contributed by atoms with van der Waals surface area (Å²) >= 11 is 0. The van der Waals surface area contributed by atoms with E-state index in [9.17, 15) is 0 Å². The molecule has 1 heterocycles. The Kier molecular flexibility index (Phi) is 3.83.